The predicted octanol–water partition coefficient (Wildman–Crippen LogP) is 1.65. The number of hydrogen-bond acceptors (Lipinski definition) is 8. The van der Waals surface area contributed by atoms with Gasteiger partial charge in [-0.15, -0.1) is 0 Å². The Labute approximate surface area is 207 Å². The Morgan fingerprint density at radius 3 is 1.73 bits per heavy atom. The number of carbonyl (C=O) groups is 3. The fourth-order valence-corrected chi connectivity index (χ4v) is 2.49. The van der Waals surface area contributed by atoms with Gasteiger partial charge in [0.25, 0.3) is 0 Å². The molecular weight excluding hydrogens is 444 g/mol. The van der Waals surface area contributed by atoms with Crippen LogP contribution in [0.25, 0.3) is 0 Å². The van der Waals surface area contributed by atoms with Crippen LogP contribution in [-0.4, -0.2) is 87.8 Å². The molecule has 0 rings (SSSR count). The molecule has 0 bridgehead atoms. The van der Waals surface area contributed by atoms with Crippen molar-refractivity contribution in [1.29, 1.82) is 0 Å². The summed E-state index contributed by atoms with van der Waals surface area (Å²) in [5, 5.41) is 0. The number of esters is 3. The van der Waals surface area contributed by atoms with Gasteiger partial charge >= 0.3 is 65.8 Å². The van der Waals surface area contributed by atoms with E-state index < -0.39 is 52.6 Å². The Kier molecular flexibility index (Phi) is 15.6. The maximum atomic E-state index is 12.7. The summed E-state index contributed by atoms with van der Waals surface area (Å²) in [6, 6.07) is 0. The number of ether oxygens (including phenoxy) is 3. The SMILES string of the molecule is C=C(C)C(=O)OCC(CCCCCC)(COC(=O)C(=C)C)C(=O)OCS(=O)(=O)O.[CaH2]. The van der Waals surface area contributed by atoms with Gasteiger partial charge in [0.1, 0.15) is 18.6 Å². The van der Waals surface area contributed by atoms with E-state index in [-0.39, 0.29) is 55.3 Å². The Morgan fingerprint density at radius 1 is 0.900 bits per heavy atom. The molecule has 0 fully saturated rings. The molecule has 0 aromatic carbocycles. The summed E-state index contributed by atoms with van der Waals surface area (Å²) in [7, 11) is -4.58. The summed E-state index contributed by atoms with van der Waals surface area (Å²) in [5.74, 6) is -3.88. The van der Waals surface area contributed by atoms with E-state index in [0.29, 0.717) is 6.42 Å². The van der Waals surface area contributed by atoms with E-state index in [1.165, 1.54) is 13.8 Å². The van der Waals surface area contributed by atoms with Gasteiger partial charge in [0.15, 0.2) is 0 Å². The van der Waals surface area contributed by atoms with Gasteiger partial charge < -0.3 is 14.2 Å². The molecular formula is C19H32CaO9S. The zero-order valence-electron chi connectivity index (χ0n) is 17.2. The van der Waals surface area contributed by atoms with E-state index in [4.69, 9.17) is 18.8 Å². The Morgan fingerprint density at radius 2 is 1.37 bits per heavy atom. The summed E-state index contributed by atoms with van der Waals surface area (Å²) >= 11 is 0. The standard InChI is InChI=1S/C19H30O9S.Ca.2H/c1-6-7-8-9-10-19(11-26-16(20)14(2)3,12-27-17(21)15(4)5)18(22)28-13-29(23,24)25;;;/h2,4,6-13H2,1,3,5H3,(H,23,24,25);;;. The molecule has 30 heavy (non-hydrogen) atoms. The third kappa shape index (κ3) is 12.7. The molecule has 0 heterocycles. The van der Waals surface area contributed by atoms with Crippen molar-refractivity contribution in [2.45, 2.75) is 52.9 Å². The first-order chi connectivity index (χ1) is 13.3. The predicted molar refractivity (Wildman–Crippen MR) is 114 cm³/mol. The van der Waals surface area contributed by atoms with Gasteiger partial charge in [-0.1, -0.05) is 45.8 Å². The fraction of sp³-hybridized carbons (Fsp3) is 0.632. The van der Waals surface area contributed by atoms with Crippen LogP contribution in [0.4, 0.5) is 0 Å². The van der Waals surface area contributed by atoms with Gasteiger partial charge in [0.05, 0.1) is 0 Å². The number of hydrogen-bond donors (Lipinski definition) is 1. The van der Waals surface area contributed by atoms with Crippen LogP contribution in [0.2, 0.25) is 0 Å². The van der Waals surface area contributed by atoms with Crippen molar-refractivity contribution in [3.63, 3.8) is 0 Å². The summed E-state index contributed by atoms with van der Waals surface area (Å²) in [5.41, 5.74) is -1.46. The van der Waals surface area contributed by atoms with Gasteiger partial charge in [-0.2, -0.15) is 8.42 Å². The van der Waals surface area contributed by atoms with Gasteiger partial charge in [0, 0.05) is 11.1 Å². The molecule has 170 valence electrons. The fourth-order valence-electron chi connectivity index (χ4n) is 2.23. The summed E-state index contributed by atoms with van der Waals surface area (Å²) in [6.45, 7) is 10.7. The molecule has 0 spiro atoms. The molecule has 0 aliphatic carbocycles. The molecule has 0 atom stereocenters. The van der Waals surface area contributed by atoms with Crippen LogP contribution in [0.1, 0.15) is 52.9 Å². The molecule has 0 aliphatic heterocycles. The van der Waals surface area contributed by atoms with Gasteiger partial charge in [0.2, 0.25) is 5.94 Å². The molecule has 11 heteroatoms. The number of carbonyl (C=O) groups excluding carboxylic acids is 3. The minimum atomic E-state index is -4.58. The van der Waals surface area contributed by atoms with E-state index >= 15 is 0 Å². The average molecular weight is 477 g/mol. The molecule has 0 unspecified atom stereocenters. The van der Waals surface area contributed by atoms with Crippen molar-refractivity contribution in [3.8, 4) is 0 Å². The van der Waals surface area contributed by atoms with Crippen LogP contribution in [0.5, 0.6) is 0 Å². The molecule has 0 aromatic rings. The van der Waals surface area contributed by atoms with Crippen molar-refractivity contribution < 1.29 is 41.6 Å². The molecule has 0 saturated heterocycles. The summed E-state index contributed by atoms with van der Waals surface area (Å²) in [6.07, 6.45) is 3.16. The normalized spacial score (nSPS) is 11.1. The number of rotatable bonds is 14. The third-order valence-electron chi connectivity index (χ3n) is 3.94. The first-order valence-electron chi connectivity index (χ1n) is 9.12. The van der Waals surface area contributed by atoms with E-state index in [1.54, 1.807) is 0 Å². The number of unbranched alkanes of at least 4 members (excludes halogenated alkanes) is 3. The third-order valence-corrected chi connectivity index (χ3v) is 4.35. The van der Waals surface area contributed by atoms with E-state index in [1.807, 2.05) is 6.92 Å². The van der Waals surface area contributed by atoms with Crippen LogP contribution in [0.3, 0.4) is 0 Å². The van der Waals surface area contributed by atoms with Crippen molar-refractivity contribution in [3.05, 3.63) is 24.3 Å². The molecule has 0 radical (unpaired) electrons. The zero-order valence-corrected chi connectivity index (χ0v) is 18.0. The second kappa shape index (κ2) is 15.0. The first kappa shape index (κ1) is 31.2. The monoisotopic (exact) mass is 476 g/mol. The molecule has 0 amide bonds. The van der Waals surface area contributed by atoms with Gasteiger partial charge in [-0.3, -0.25) is 9.35 Å². The van der Waals surface area contributed by atoms with Crippen molar-refractivity contribution >= 4 is 65.8 Å². The van der Waals surface area contributed by atoms with Gasteiger partial charge in [-0.05, 0) is 20.3 Å². The average Bonchev–Trinajstić information content (AvgIpc) is 2.63. The van der Waals surface area contributed by atoms with Crippen LogP contribution >= 0.6 is 0 Å². The van der Waals surface area contributed by atoms with Crippen LogP contribution in [0.15, 0.2) is 24.3 Å². The second-order valence-electron chi connectivity index (χ2n) is 6.94. The quantitative estimate of drug-likeness (QED) is 0.0992. The van der Waals surface area contributed by atoms with E-state index in [9.17, 15) is 22.8 Å². The van der Waals surface area contributed by atoms with Crippen LogP contribution in [-0.2, 0) is 38.7 Å². The zero-order chi connectivity index (χ0) is 22.7. The summed E-state index contributed by atoms with van der Waals surface area (Å²) in [4.78, 5) is 36.4. The Balaban J connectivity index is 0. The first-order valence-corrected chi connectivity index (χ1v) is 10.7. The Bertz CT molecular complexity index is 698. The van der Waals surface area contributed by atoms with Crippen molar-refractivity contribution in [2.75, 3.05) is 19.2 Å². The van der Waals surface area contributed by atoms with Crippen molar-refractivity contribution in [2.24, 2.45) is 5.41 Å². The summed E-state index contributed by atoms with van der Waals surface area (Å²) < 4.78 is 45.7. The Hall–Kier alpha value is -0.940. The second-order valence-corrected chi connectivity index (χ2v) is 8.34. The molecule has 9 nitrogen and oxygen atoms in total. The van der Waals surface area contributed by atoms with Crippen LogP contribution in [0, 0.1) is 5.41 Å². The molecule has 0 saturated carbocycles. The molecule has 0 aromatic heterocycles. The van der Waals surface area contributed by atoms with E-state index in [0.717, 1.165) is 19.3 Å². The van der Waals surface area contributed by atoms with E-state index in [2.05, 4.69) is 13.2 Å². The van der Waals surface area contributed by atoms with Gasteiger partial charge in [-0.25, -0.2) is 9.59 Å². The van der Waals surface area contributed by atoms with Crippen molar-refractivity contribution in [1.82, 2.24) is 0 Å². The minimum absolute atomic E-state index is 0. The molecule has 0 aliphatic rings. The topological polar surface area (TPSA) is 133 Å². The molecule has 1 N–H and O–H groups in total. The maximum absolute atomic E-state index is 12.7. The van der Waals surface area contributed by atoms with Crippen LogP contribution < -0.4 is 0 Å².